The van der Waals surface area contributed by atoms with E-state index >= 15 is 0 Å². The van der Waals surface area contributed by atoms with Crippen LogP contribution in [0.4, 0.5) is 30.0 Å². The van der Waals surface area contributed by atoms with Crippen LogP contribution in [0.3, 0.4) is 0 Å². The van der Waals surface area contributed by atoms with E-state index in [0.29, 0.717) is 36.5 Å². The van der Waals surface area contributed by atoms with Crippen molar-refractivity contribution >= 4 is 119 Å². The first-order valence-electron chi connectivity index (χ1n) is 29.0. The van der Waals surface area contributed by atoms with Gasteiger partial charge in [-0.05, 0) is 92.1 Å². The third-order valence-corrected chi connectivity index (χ3v) is 16.0. The fraction of sp³-hybridized carbons (Fsp3) is 0.364. The van der Waals surface area contributed by atoms with E-state index in [4.69, 9.17) is 32.7 Å². The molecular weight excluding hydrogens is 1280 g/mol. The Morgan fingerprint density at radius 2 is 1.09 bits per heavy atom. The van der Waals surface area contributed by atoms with Crippen LogP contribution in [-0.2, 0) is 67.4 Å². The van der Waals surface area contributed by atoms with Crippen LogP contribution in [0, 0.1) is 25.5 Å². The zero-order valence-corrected chi connectivity index (χ0v) is 55.2. The molecule has 0 saturated heterocycles. The average molecular weight is 1370 g/mol. The number of H-pyrrole nitrogens is 2. The van der Waals surface area contributed by atoms with Gasteiger partial charge < -0.3 is 49.4 Å². The van der Waals surface area contributed by atoms with Crippen molar-refractivity contribution in [1.82, 2.24) is 49.9 Å². The number of aliphatic carboxylic acids is 1. The molecule has 2 aliphatic heterocycles. The number of benzene rings is 4. The van der Waals surface area contributed by atoms with Crippen molar-refractivity contribution in [3.63, 3.8) is 0 Å². The number of aromatic nitrogens is 6. The molecule has 28 heteroatoms. The number of anilines is 2. The van der Waals surface area contributed by atoms with Crippen molar-refractivity contribution in [2.75, 3.05) is 51.0 Å². The number of ether oxygens (including phenoxy) is 2. The molecule has 2 aliphatic rings. The summed E-state index contributed by atoms with van der Waals surface area (Å²) in [5.41, 5.74) is 5.44. The predicted molar refractivity (Wildman–Crippen MR) is 365 cm³/mol. The smallest absolute Gasteiger partial charge is 0.550 e. The Balaban J connectivity index is 0.000000412. The Bertz CT molecular complexity index is 3810. The van der Waals surface area contributed by atoms with Gasteiger partial charge in [0.05, 0.1) is 51.4 Å². The number of nitrogens with zero attached hydrogens (tertiary/aromatic N) is 7. The number of carbonyl (C=O) groups excluding carboxylic acids is 6. The summed E-state index contributed by atoms with van der Waals surface area (Å²) in [4.78, 5) is 103. The number of halogens is 4. The Labute approximate surface area is 582 Å². The normalized spacial score (nSPS) is 12.4. The van der Waals surface area contributed by atoms with Crippen molar-refractivity contribution in [3.8, 4) is 0 Å². The predicted octanol–water partition coefficient (Wildman–Crippen LogP) is 7.86. The molecule has 0 fully saturated rings. The molecule has 4 aromatic carbocycles. The number of fused-ring (bicyclic) bond motifs is 4. The van der Waals surface area contributed by atoms with Gasteiger partial charge in [0.15, 0.2) is 0 Å². The van der Waals surface area contributed by atoms with Gasteiger partial charge in [0.1, 0.15) is 48.1 Å². The molecule has 5 N–H and O–H groups in total. The number of nitrogens with one attached hydrogen (secondary N) is 5. The fourth-order valence-electron chi connectivity index (χ4n) is 10.2. The number of pyridine rings is 2. The zero-order valence-electron chi connectivity index (χ0n) is 51.7. The van der Waals surface area contributed by atoms with Gasteiger partial charge in [-0.2, -0.15) is 27.0 Å². The molecule has 0 radical (unpaired) electrons. The second kappa shape index (κ2) is 39.2. The number of aryl methyl sites for hydroxylation is 4. The van der Waals surface area contributed by atoms with Gasteiger partial charge in [0.25, 0.3) is 0 Å². The largest absolute Gasteiger partial charge is 1.00 e. The van der Waals surface area contributed by atoms with Gasteiger partial charge in [0.2, 0.25) is 17.7 Å². The topological polar surface area (TPSA) is 273 Å². The number of hydrogen-bond acceptors (Lipinski definition) is 14. The summed E-state index contributed by atoms with van der Waals surface area (Å²) in [7, 11) is 3.10. The molecule has 10 rings (SSSR count). The second-order valence-corrected chi connectivity index (χ2v) is 22.2. The number of likely N-dealkylation sites (N-methyl/N-ethyl adjacent to an activating group) is 2. The molecule has 0 unspecified atom stereocenters. The van der Waals surface area contributed by atoms with Crippen molar-refractivity contribution in [3.05, 3.63) is 177 Å². The van der Waals surface area contributed by atoms with E-state index in [1.165, 1.54) is 46.4 Å². The Hall–Kier alpha value is -7.76. The first kappa shape index (κ1) is 80.5. The average Bonchev–Trinajstić information content (AvgIpc) is 1.35. The quantitative estimate of drug-likeness (QED) is 0.0455. The van der Waals surface area contributed by atoms with E-state index < -0.39 is 41.9 Å². The number of imidazole rings is 2. The van der Waals surface area contributed by atoms with Crippen LogP contribution in [0.2, 0.25) is 10.0 Å². The third kappa shape index (κ3) is 23.3. The van der Waals surface area contributed by atoms with E-state index in [-0.39, 0.29) is 159 Å². The van der Waals surface area contributed by atoms with E-state index in [9.17, 15) is 42.7 Å². The third-order valence-electron chi connectivity index (χ3n) is 15.2. The molecule has 0 saturated carbocycles. The molecule has 2 atom stereocenters. The van der Waals surface area contributed by atoms with Crippen LogP contribution in [0.5, 0.6) is 0 Å². The Morgan fingerprint density at radius 3 is 1.55 bits per heavy atom. The molecule has 21 nitrogen and oxygen atoms in total. The van der Waals surface area contributed by atoms with Crippen LogP contribution in [0.25, 0.3) is 21.5 Å². The summed E-state index contributed by atoms with van der Waals surface area (Å²) in [5, 5.41) is 23.0. The number of carboxylic acid groups (broad SMARTS) is 1. The number of carbonyl (C=O) groups is 6. The summed E-state index contributed by atoms with van der Waals surface area (Å²) < 4.78 is 38.3. The van der Waals surface area contributed by atoms with Crippen molar-refractivity contribution in [2.24, 2.45) is 0 Å². The number of hydrogen-bond donors (Lipinski definition) is 5. The molecule has 4 aromatic heterocycles. The van der Waals surface area contributed by atoms with E-state index in [1.54, 1.807) is 54.7 Å². The molecule has 5 amide bonds. The SMILES string of the molecule is C.C.CN(C(=O)CCc1cccc(F)c1Cl)[C@@H](CCC(=O)[O-])COC(=O)Nc1cc2ccccc2cn1.Cc1nc2c([nH]1)CN(C(=O)CC[C@@H](COC(=O)Nc1cc3ccccc3cn1)N(C)C(=O)CCc1cccc(F)c1Cl)CC2.Cc1nc2c([nH]1)CNCC2.S.S.[Li+]. The van der Waals surface area contributed by atoms with E-state index in [1.807, 2.05) is 62.4 Å². The van der Waals surface area contributed by atoms with Crippen molar-refractivity contribution in [1.29, 1.82) is 0 Å². The molecule has 0 bridgehead atoms. The zero-order chi connectivity index (χ0) is 63.6. The van der Waals surface area contributed by atoms with Crippen LogP contribution >= 0.6 is 50.2 Å². The standard InChI is InChI=1S/C32H34ClFN6O4.C25H25ClFN3O5.C7H11N3.2CH4.Li.2H2S/c1-20-36-26-14-15-40(18-27(26)37-20)30(42)13-11-24(39(2)29(41)12-10-21-8-5-9-25(34)31(21)33)19-44-32(43)38-28-16-22-6-3-4-7-23(22)17-35-28;1-30(22(31)11-9-16-7-4-8-20(27)24(16)26)19(10-12-23(32)33)15-35-25(34)29-21-13-17-5-2-3-6-18(17)14-28-21;1-5-9-6-2-3-8-4-7(6)10-5;;;;;/h3-9,16-17,24H,10-15,18-19H2,1-2H3,(H,36,37)(H,35,38,43);2-8,13-14,19H,9-12,15H2,1H3,(H,32,33)(H,28,29,34);8H,2-4H2,1H3,(H,9,10);2*1H4;;2*1H2/q;;;;;+1;;/p-1/t24-;19-;;;;;;/m00....../s1. The number of rotatable bonds is 20. The summed E-state index contributed by atoms with van der Waals surface area (Å²) in [6, 6.07) is 26.1. The van der Waals surface area contributed by atoms with Gasteiger partial charge in [-0.1, -0.05) is 111 Å². The van der Waals surface area contributed by atoms with Crippen LogP contribution in [0.1, 0.15) is 98.9 Å². The van der Waals surface area contributed by atoms with Gasteiger partial charge in [-0.3, -0.25) is 25.0 Å². The van der Waals surface area contributed by atoms with Crippen molar-refractivity contribution < 1.29 is 71.0 Å². The summed E-state index contributed by atoms with van der Waals surface area (Å²) >= 11 is 12.0. The summed E-state index contributed by atoms with van der Waals surface area (Å²) in [6.07, 6.45) is 4.11. The molecule has 0 aliphatic carbocycles. The minimum absolute atomic E-state index is 0. The maximum atomic E-state index is 13.9. The first-order valence-corrected chi connectivity index (χ1v) is 29.7. The van der Waals surface area contributed by atoms with E-state index in [0.717, 1.165) is 64.1 Å². The van der Waals surface area contributed by atoms with Crippen LogP contribution in [-0.4, -0.2) is 133 Å². The number of carboxylic acids is 1. The van der Waals surface area contributed by atoms with Crippen LogP contribution in [0.15, 0.2) is 109 Å². The Morgan fingerprint density at radius 1 is 0.638 bits per heavy atom. The fourth-order valence-corrected chi connectivity index (χ4v) is 10.6. The minimum Gasteiger partial charge on any atom is -0.550 e. The van der Waals surface area contributed by atoms with Crippen molar-refractivity contribution in [2.45, 2.75) is 118 Å². The number of amides is 5. The number of aromatic amines is 2. The van der Waals surface area contributed by atoms with Gasteiger partial charge in [-0.15, -0.1) is 0 Å². The minimum atomic E-state index is -1.28. The Kier molecular flexibility index (Phi) is 33.5. The summed E-state index contributed by atoms with van der Waals surface area (Å²) in [5.74, 6) is -0.586. The van der Waals surface area contributed by atoms with Gasteiger partial charge >= 0.3 is 31.0 Å². The monoisotopic (exact) mass is 1360 g/mol. The molecular formula is C66H81Cl2F2LiN12O9S2. The van der Waals surface area contributed by atoms with E-state index in [2.05, 4.69) is 45.9 Å². The van der Waals surface area contributed by atoms with Crippen LogP contribution < -0.4 is 39.9 Å². The first-order chi connectivity index (χ1) is 42.8. The summed E-state index contributed by atoms with van der Waals surface area (Å²) in [6.45, 7) is 6.53. The van der Waals surface area contributed by atoms with Gasteiger partial charge in [-0.25, -0.2) is 38.3 Å². The molecule has 0 spiro atoms. The molecule has 6 heterocycles. The maximum absolute atomic E-state index is 13.9. The second-order valence-electron chi connectivity index (χ2n) is 21.5. The molecule has 500 valence electrons. The maximum Gasteiger partial charge on any atom is 1.00 e. The molecule has 8 aromatic rings. The molecule has 94 heavy (non-hydrogen) atoms. The van der Waals surface area contributed by atoms with Gasteiger partial charge in [0, 0.05) is 95.0 Å².